The van der Waals surface area contributed by atoms with Gasteiger partial charge in [0.05, 0.1) is 5.69 Å². The summed E-state index contributed by atoms with van der Waals surface area (Å²) in [5.41, 5.74) is 1.17. The highest BCUT2D eigenvalue weighted by molar-refractivity contribution is 5.09. The molecule has 2 aliphatic heterocycles. The van der Waals surface area contributed by atoms with Gasteiger partial charge in [0.25, 0.3) is 0 Å². The van der Waals surface area contributed by atoms with Crippen LogP contribution in [0.5, 0.6) is 0 Å². The highest BCUT2D eigenvalue weighted by Crippen LogP contribution is 2.29. The summed E-state index contributed by atoms with van der Waals surface area (Å²) >= 11 is 0. The molecule has 0 radical (unpaired) electrons. The van der Waals surface area contributed by atoms with E-state index in [1.807, 2.05) is 17.9 Å². The molecule has 19 heavy (non-hydrogen) atoms. The highest BCUT2D eigenvalue weighted by atomic mass is 16.5. The number of nitrogens with zero attached hydrogens (tertiary/aromatic N) is 2. The Balaban J connectivity index is 1.56. The lowest BCUT2D eigenvalue weighted by Crippen LogP contribution is -2.37. The second-order valence-electron chi connectivity index (χ2n) is 5.53. The summed E-state index contributed by atoms with van der Waals surface area (Å²) in [6.45, 7) is 3.74. The molecule has 0 bridgehead atoms. The second-order valence-corrected chi connectivity index (χ2v) is 5.53. The van der Waals surface area contributed by atoms with Crippen LogP contribution in [0.3, 0.4) is 0 Å². The van der Waals surface area contributed by atoms with Crippen LogP contribution in [0, 0.1) is 5.92 Å². The average Bonchev–Trinajstić information content (AvgIpc) is 3.05. The number of hydrogen-bond donors (Lipinski definition) is 1. The molecule has 0 saturated carbocycles. The van der Waals surface area contributed by atoms with E-state index in [4.69, 9.17) is 9.47 Å². The average molecular weight is 265 g/mol. The maximum Gasteiger partial charge on any atom is 0.114 e. The van der Waals surface area contributed by atoms with E-state index in [1.54, 1.807) is 0 Å². The predicted octanol–water partition coefficient (Wildman–Crippen LogP) is 1.27. The monoisotopic (exact) mass is 265 g/mol. The minimum atomic E-state index is 0.146. The van der Waals surface area contributed by atoms with Crippen LogP contribution in [0.15, 0.2) is 12.3 Å². The van der Waals surface area contributed by atoms with Gasteiger partial charge < -0.3 is 14.8 Å². The fourth-order valence-corrected chi connectivity index (χ4v) is 3.02. The molecule has 2 saturated heterocycles. The molecule has 3 heterocycles. The summed E-state index contributed by atoms with van der Waals surface area (Å²) < 4.78 is 13.2. The topological polar surface area (TPSA) is 48.3 Å². The molecule has 5 nitrogen and oxygen atoms in total. The molecular weight excluding hydrogens is 242 g/mol. The molecule has 0 aromatic carbocycles. The van der Waals surface area contributed by atoms with Crippen LogP contribution in [0.2, 0.25) is 0 Å². The smallest absolute Gasteiger partial charge is 0.114 e. The highest BCUT2D eigenvalue weighted by Gasteiger charge is 2.31. The van der Waals surface area contributed by atoms with Crippen molar-refractivity contribution in [2.45, 2.75) is 31.4 Å². The first-order chi connectivity index (χ1) is 9.34. The third-order valence-corrected chi connectivity index (χ3v) is 4.25. The van der Waals surface area contributed by atoms with Crippen molar-refractivity contribution in [1.82, 2.24) is 15.1 Å². The van der Waals surface area contributed by atoms with Gasteiger partial charge in [-0.25, -0.2) is 0 Å². The number of ether oxygens (including phenoxy) is 2. The number of aryl methyl sites for hydroxylation is 1. The van der Waals surface area contributed by atoms with E-state index in [1.165, 1.54) is 18.5 Å². The Bertz CT molecular complexity index is 401. The fraction of sp³-hybridized carbons (Fsp3) is 0.786. The normalized spacial score (nSPS) is 28.9. The summed E-state index contributed by atoms with van der Waals surface area (Å²) in [6.07, 6.45) is 5.42. The minimum Gasteiger partial charge on any atom is -0.381 e. The minimum absolute atomic E-state index is 0.146. The van der Waals surface area contributed by atoms with Gasteiger partial charge in [-0.15, -0.1) is 0 Å². The Morgan fingerprint density at radius 2 is 2.16 bits per heavy atom. The van der Waals surface area contributed by atoms with Gasteiger partial charge in [-0.1, -0.05) is 0 Å². The van der Waals surface area contributed by atoms with Crippen molar-refractivity contribution >= 4 is 0 Å². The first-order valence-corrected chi connectivity index (χ1v) is 7.25. The lowest BCUT2D eigenvalue weighted by Gasteiger charge is -2.26. The van der Waals surface area contributed by atoms with Crippen LogP contribution in [0.25, 0.3) is 0 Å². The van der Waals surface area contributed by atoms with Gasteiger partial charge in [-0.2, -0.15) is 5.10 Å². The Morgan fingerprint density at radius 1 is 1.32 bits per heavy atom. The van der Waals surface area contributed by atoms with E-state index in [0.29, 0.717) is 6.04 Å². The molecule has 106 valence electrons. The van der Waals surface area contributed by atoms with E-state index in [9.17, 15) is 0 Å². The SMILES string of the molecule is Cn1nccc1[C@H]1OCC[C@@H]1NCC1CCOCC1. The Hall–Kier alpha value is -0.910. The first kappa shape index (κ1) is 13.1. The summed E-state index contributed by atoms with van der Waals surface area (Å²) in [7, 11) is 1.98. The zero-order valence-electron chi connectivity index (χ0n) is 11.5. The molecule has 2 aliphatic rings. The van der Waals surface area contributed by atoms with Crippen molar-refractivity contribution in [2.24, 2.45) is 13.0 Å². The van der Waals surface area contributed by atoms with Crippen molar-refractivity contribution in [3.05, 3.63) is 18.0 Å². The summed E-state index contributed by atoms with van der Waals surface area (Å²) in [6, 6.07) is 2.47. The first-order valence-electron chi connectivity index (χ1n) is 7.25. The van der Waals surface area contributed by atoms with Crippen molar-refractivity contribution in [2.75, 3.05) is 26.4 Å². The van der Waals surface area contributed by atoms with Gasteiger partial charge in [-0.05, 0) is 37.8 Å². The van der Waals surface area contributed by atoms with Gasteiger partial charge in [0.15, 0.2) is 0 Å². The molecule has 2 fully saturated rings. The Morgan fingerprint density at radius 3 is 2.89 bits per heavy atom. The van der Waals surface area contributed by atoms with Gasteiger partial charge in [0, 0.05) is 39.1 Å². The fourth-order valence-electron chi connectivity index (χ4n) is 3.02. The molecule has 0 aliphatic carbocycles. The third-order valence-electron chi connectivity index (χ3n) is 4.25. The number of aromatic nitrogens is 2. The van der Waals surface area contributed by atoms with Crippen molar-refractivity contribution in [3.8, 4) is 0 Å². The number of rotatable bonds is 4. The molecule has 1 aromatic heterocycles. The standard InChI is InChI=1S/C14H23N3O2/c1-17-13(2-6-16-17)14-12(5-9-19-14)15-10-11-3-7-18-8-4-11/h2,6,11-12,14-15H,3-5,7-10H2,1H3/t12-,14-/m0/s1. The summed E-state index contributed by atoms with van der Waals surface area (Å²) in [5, 5.41) is 7.93. The van der Waals surface area contributed by atoms with Gasteiger partial charge >= 0.3 is 0 Å². The molecule has 0 spiro atoms. The maximum atomic E-state index is 5.88. The van der Waals surface area contributed by atoms with Crippen molar-refractivity contribution in [3.63, 3.8) is 0 Å². The quantitative estimate of drug-likeness (QED) is 0.890. The molecule has 0 unspecified atom stereocenters. The second kappa shape index (κ2) is 6.03. The van der Waals surface area contributed by atoms with Gasteiger partial charge in [0.2, 0.25) is 0 Å². The molecule has 3 rings (SSSR count). The maximum absolute atomic E-state index is 5.88. The molecule has 1 aromatic rings. The molecule has 0 amide bonds. The van der Waals surface area contributed by atoms with Crippen molar-refractivity contribution < 1.29 is 9.47 Å². The Labute approximate surface area is 114 Å². The van der Waals surface area contributed by atoms with E-state index in [-0.39, 0.29) is 6.10 Å². The van der Waals surface area contributed by atoms with Gasteiger partial charge in [-0.3, -0.25) is 4.68 Å². The Kier molecular flexibility index (Phi) is 4.15. The zero-order chi connectivity index (χ0) is 13.1. The van der Waals surface area contributed by atoms with E-state index in [2.05, 4.69) is 16.5 Å². The van der Waals surface area contributed by atoms with E-state index in [0.717, 1.165) is 38.7 Å². The van der Waals surface area contributed by atoms with E-state index >= 15 is 0 Å². The van der Waals surface area contributed by atoms with Crippen LogP contribution in [0.4, 0.5) is 0 Å². The van der Waals surface area contributed by atoms with Crippen LogP contribution in [0.1, 0.15) is 31.1 Å². The lowest BCUT2D eigenvalue weighted by molar-refractivity contribution is 0.0614. The third kappa shape index (κ3) is 2.99. The number of nitrogens with one attached hydrogen (secondary N) is 1. The van der Waals surface area contributed by atoms with E-state index < -0.39 is 0 Å². The number of hydrogen-bond acceptors (Lipinski definition) is 4. The predicted molar refractivity (Wildman–Crippen MR) is 71.9 cm³/mol. The largest absolute Gasteiger partial charge is 0.381 e. The van der Waals surface area contributed by atoms with Crippen LogP contribution >= 0.6 is 0 Å². The van der Waals surface area contributed by atoms with Crippen LogP contribution in [-0.4, -0.2) is 42.2 Å². The van der Waals surface area contributed by atoms with Crippen molar-refractivity contribution in [1.29, 1.82) is 0 Å². The van der Waals surface area contributed by atoms with Crippen LogP contribution in [-0.2, 0) is 16.5 Å². The van der Waals surface area contributed by atoms with Crippen LogP contribution < -0.4 is 5.32 Å². The summed E-state index contributed by atoms with van der Waals surface area (Å²) in [4.78, 5) is 0. The lowest BCUT2D eigenvalue weighted by atomic mass is 9.99. The zero-order valence-corrected chi connectivity index (χ0v) is 11.5. The van der Waals surface area contributed by atoms with Gasteiger partial charge in [0.1, 0.15) is 6.10 Å². The molecule has 1 N–H and O–H groups in total. The summed E-state index contributed by atoms with van der Waals surface area (Å²) in [5.74, 6) is 0.751. The molecular formula is C14H23N3O2. The molecule has 2 atom stereocenters. The molecule has 5 heteroatoms.